The molecule has 1 fully saturated rings. The molecule has 4 aromatic carbocycles. The number of carbonyl (C=O) groups is 3. The Bertz CT molecular complexity index is 1740. The van der Waals surface area contributed by atoms with Gasteiger partial charge in [0.1, 0.15) is 11.2 Å². The fraction of sp³-hybridized carbons (Fsp3) is 0.182. The van der Waals surface area contributed by atoms with Gasteiger partial charge in [-0.15, -0.1) is 0 Å². The van der Waals surface area contributed by atoms with Gasteiger partial charge in [0.05, 0.1) is 25.1 Å². The third-order valence-corrected chi connectivity index (χ3v) is 8.59. The number of ketones is 2. The highest BCUT2D eigenvalue weighted by Crippen LogP contribution is 2.58. The number of nitrogens with zero attached hydrogens (tertiary/aromatic N) is 1. The number of para-hydroxylation sites is 1. The van der Waals surface area contributed by atoms with E-state index in [1.54, 1.807) is 31.4 Å². The van der Waals surface area contributed by atoms with Crippen LogP contribution in [0.3, 0.4) is 0 Å². The highest BCUT2D eigenvalue weighted by molar-refractivity contribution is 6.17. The molecule has 192 valence electrons. The van der Waals surface area contributed by atoms with Crippen molar-refractivity contribution in [3.63, 3.8) is 0 Å². The fourth-order valence-electron chi connectivity index (χ4n) is 7.04. The van der Waals surface area contributed by atoms with Crippen LogP contribution in [0, 0.1) is 5.92 Å². The summed E-state index contributed by atoms with van der Waals surface area (Å²) in [5.74, 6) is -1.11. The summed E-state index contributed by atoms with van der Waals surface area (Å²) >= 11 is 0. The maximum atomic E-state index is 14.6. The van der Waals surface area contributed by atoms with E-state index < -0.39 is 23.4 Å². The van der Waals surface area contributed by atoms with Crippen LogP contribution in [0.1, 0.15) is 28.4 Å². The van der Waals surface area contributed by atoms with Crippen LogP contribution in [0.4, 0.5) is 11.4 Å². The van der Waals surface area contributed by atoms with Gasteiger partial charge in [0.2, 0.25) is 5.91 Å². The number of methoxy groups -OCH3 is 1. The third-order valence-electron chi connectivity index (χ3n) is 8.59. The van der Waals surface area contributed by atoms with Gasteiger partial charge in [0, 0.05) is 22.5 Å². The van der Waals surface area contributed by atoms with Crippen molar-refractivity contribution in [3.8, 4) is 5.75 Å². The summed E-state index contributed by atoms with van der Waals surface area (Å²) in [5, 5.41) is 5.19. The third kappa shape index (κ3) is 3.05. The molecule has 0 bridgehead atoms. The number of amides is 1. The lowest BCUT2D eigenvalue weighted by Gasteiger charge is -2.38. The number of anilines is 2. The van der Waals surface area contributed by atoms with Crippen LogP contribution in [-0.4, -0.2) is 36.7 Å². The van der Waals surface area contributed by atoms with Gasteiger partial charge in [-0.2, -0.15) is 0 Å². The molecule has 3 heterocycles. The molecule has 0 aliphatic carbocycles. The molecule has 3 aliphatic rings. The molecule has 0 aromatic heterocycles. The number of ether oxygens (including phenoxy) is 1. The zero-order valence-electron chi connectivity index (χ0n) is 21.5. The smallest absolute Gasteiger partial charge is 0.238 e. The Kier molecular flexibility index (Phi) is 5.04. The normalized spacial score (nSPS) is 24.3. The van der Waals surface area contributed by atoms with Crippen molar-refractivity contribution >= 4 is 45.7 Å². The number of fused-ring (bicyclic) bond motifs is 8. The summed E-state index contributed by atoms with van der Waals surface area (Å²) in [6, 6.07) is 25.2. The van der Waals surface area contributed by atoms with Gasteiger partial charge in [-0.3, -0.25) is 14.4 Å². The lowest BCUT2D eigenvalue weighted by Crippen LogP contribution is -2.51. The Labute approximate surface area is 225 Å². The number of Topliss-reactive ketones (excluding diaryl/α,β-unsaturated/α-hetero) is 2. The van der Waals surface area contributed by atoms with E-state index in [-0.39, 0.29) is 17.5 Å². The van der Waals surface area contributed by atoms with E-state index in [1.807, 2.05) is 65.6 Å². The molecular formula is C33H26N2O4. The van der Waals surface area contributed by atoms with E-state index in [2.05, 4.69) is 17.4 Å². The van der Waals surface area contributed by atoms with Crippen molar-refractivity contribution < 1.29 is 19.1 Å². The predicted octanol–water partition coefficient (Wildman–Crippen LogP) is 5.41. The van der Waals surface area contributed by atoms with Crippen LogP contribution in [0.2, 0.25) is 0 Å². The lowest BCUT2D eigenvalue weighted by atomic mass is 9.64. The summed E-state index contributed by atoms with van der Waals surface area (Å²) in [6.45, 7) is 1.52. The Balaban J connectivity index is 1.53. The molecule has 1 amide bonds. The lowest BCUT2D eigenvalue weighted by molar-refractivity contribution is -0.122. The Morgan fingerprint density at radius 1 is 0.949 bits per heavy atom. The van der Waals surface area contributed by atoms with Gasteiger partial charge < -0.3 is 15.0 Å². The van der Waals surface area contributed by atoms with Gasteiger partial charge >= 0.3 is 0 Å². The molecule has 7 rings (SSSR count). The maximum absolute atomic E-state index is 14.6. The summed E-state index contributed by atoms with van der Waals surface area (Å²) < 4.78 is 5.40. The van der Waals surface area contributed by atoms with E-state index >= 15 is 0 Å². The molecule has 6 nitrogen and oxygen atoms in total. The van der Waals surface area contributed by atoms with Crippen molar-refractivity contribution in [1.29, 1.82) is 0 Å². The minimum absolute atomic E-state index is 0.162. The monoisotopic (exact) mass is 514 g/mol. The first-order valence-electron chi connectivity index (χ1n) is 13.0. The van der Waals surface area contributed by atoms with E-state index in [1.165, 1.54) is 6.92 Å². The van der Waals surface area contributed by atoms with Gasteiger partial charge in [0.15, 0.2) is 11.6 Å². The predicted molar refractivity (Wildman–Crippen MR) is 151 cm³/mol. The number of carbonyl (C=O) groups excluding carboxylic acids is 3. The average Bonchev–Trinajstić information content (AvgIpc) is 3.45. The first-order valence-corrected chi connectivity index (χ1v) is 13.0. The van der Waals surface area contributed by atoms with Crippen molar-refractivity contribution in [1.82, 2.24) is 0 Å². The number of benzene rings is 4. The molecular weight excluding hydrogens is 488 g/mol. The number of nitrogens with one attached hydrogen (secondary N) is 1. The van der Waals surface area contributed by atoms with Crippen LogP contribution in [0.25, 0.3) is 16.8 Å². The largest absolute Gasteiger partial charge is 0.497 e. The van der Waals surface area contributed by atoms with Crippen LogP contribution >= 0.6 is 0 Å². The minimum atomic E-state index is -1.30. The molecule has 3 unspecified atom stereocenters. The summed E-state index contributed by atoms with van der Waals surface area (Å²) in [4.78, 5) is 44.4. The van der Waals surface area contributed by atoms with Crippen molar-refractivity contribution in [2.75, 3.05) is 17.3 Å². The van der Waals surface area contributed by atoms with Gasteiger partial charge in [-0.1, -0.05) is 72.8 Å². The number of rotatable bonds is 4. The minimum Gasteiger partial charge on any atom is -0.497 e. The van der Waals surface area contributed by atoms with E-state index in [4.69, 9.17) is 4.74 Å². The summed E-state index contributed by atoms with van der Waals surface area (Å²) in [5.41, 5.74) is 2.35. The quantitative estimate of drug-likeness (QED) is 0.369. The van der Waals surface area contributed by atoms with Crippen LogP contribution < -0.4 is 15.0 Å². The van der Waals surface area contributed by atoms with E-state index in [9.17, 15) is 14.4 Å². The number of hydrogen-bond acceptors (Lipinski definition) is 5. The Hall–Kier alpha value is -4.71. The molecule has 6 heteroatoms. The van der Waals surface area contributed by atoms with Gasteiger partial charge in [-0.05, 0) is 47.5 Å². The summed E-state index contributed by atoms with van der Waals surface area (Å²) in [7, 11) is 1.55. The first-order chi connectivity index (χ1) is 19.0. The Morgan fingerprint density at radius 2 is 1.74 bits per heavy atom. The second-order valence-corrected chi connectivity index (χ2v) is 10.4. The van der Waals surface area contributed by atoms with E-state index in [0.29, 0.717) is 17.0 Å². The van der Waals surface area contributed by atoms with E-state index in [0.717, 1.165) is 27.6 Å². The standard InChI is InChI=1S/C33H26N2O4/c1-19(36)30-29(31(37)21-9-7-10-22(18-21)39-2)33(25-12-5-6-13-26(25)34-32(33)38)28-17-15-24-23-11-4-3-8-20(23)14-16-27(24)35(28)30/h3-18,28-30H,1-2H3,(H,34,38)/t28?,29?,30?,33-/m1/s1. The molecule has 1 N–H and O–H groups in total. The topological polar surface area (TPSA) is 75.7 Å². The van der Waals surface area contributed by atoms with Gasteiger partial charge in [-0.25, -0.2) is 0 Å². The van der Waals surface area contributed by atoms with Crippen LogP contribution in [0.15, 0.2) is 91.0 Å². The van der Waals surface area contributed by atoms with Crippen molar-refractivity contribution in [2.24, 2.45) is 5.92 Å². The van der Waals surface area contributed by atoms with Crippen molar-refractivity contribution in [2.45, 2.75) is 24.4 Å². The van der Waals surface area contributed by atoms with Crippen LogP contribution in [-0.2, 0) is 15.0 Å². The highest BCUT2D eigenvalue weighted by Gasteiger charge is 2.69. The molecule has 4 atom stereocenters. The zero-order chi connectivity index (χ0) is 26.9. The molecule has 39 heavy (non-hydrogen) atoms. The second-order valence-electron chi connectivity index (χ2n) is 10.4. The highest BCUT2D eigenvalue weighted by atomic mass is 16.5. The SMILES string of the molecule is COc1cccc(C(=O)C2C(C(C)=O)N3c4ccc5ccccc5c4C=CC3[C@@]23C(=O)Nc2ccccc23)c1. The van der Waals surface area contributed by atoms with Crippen molar-refractivity contribution in [3.05, 3.63) is 108 Å². The average molecular weight is 515 g/mol. The number of hydrogen-bond donors (Lipinski definition) is 1. The molecule has 4 aromatic rings. The maximum Gasteiger partial charge on any atom is 0.238 e. The zero-order valence-corrected chi connectivity index (χ0v) is 21.5. The fourth-order valence-corrected chi connectivity index (χ4v) is 7.04. The second kappa shape index (κ2) is 8.40. The molecule has 0 saturated carbocycles. The molecule has 3 aliphatic heterocycles. The Morgan fingerprint density at radius 3 is 2.56 bits per heavy atom. The molecule has 1 spiro atoms. The van der Waals surface area contributed by atoms with Gasteiger partial charge in [0.25, 0.3) is 0 Å². The summed E-state index contributed by atoms with van der Waals surface area (Å²) in [6.07, 6.45) is 4.05. The molecule has 0 radical (unpaired) electrons. The first kappa shape index (κ1) is 23.4. The molecule has 1 saturated heterocycles. The van der Waals surface area contributed by atoms with Crippen LogP contribution in [0.5, 0.6) is 5.75 Å².